The van der Waals surface area contributed by atoms with E-state index in [0.29, 0.717) is 23.9 Å². The first kappa shape index (κ1) is 69.7. The van der Waals surface area contributed by atoms with Gasteiger partial charge in [-0.3, -0.25) is 14.2 Å². The fourth-order valence-corrected chi connectivity index (χ4v) is 8.42. The van der Waals surface area contributed by atoms with Crippen molar-refractivity contribution in [3.8, 4) is 0 Å². The standard InChI is InChI=1S/C63H109N2O7P/c1-7-10-13-16-19-22-25-28-29-30-31-32-33-34-35-38-40-43-46-49-52-55-62(66)64-60(59-71-73(68,69)70-58-57-65(4,5)6)61(54-51-48-45-42-39-36-26-23-20-17-14-11-8-2)72-63(67)56-53-50-47-44-41-37-27-24-21-18-15-12-9-3/h10,13,19,22,28-29,31-32,34-35,37,40-41,43,47,50-51,54,60-61H,7-9,11-12,14-18,20-21,23-27,30,33,36,38-39,42,44-46,48-49,52-53,55-59H2,1-6H3,(H-,64,66,68,69)/b13-10-,22-19-,29-28-,32-31-,35-34-,41-37-,43-40-,50-47+,54-51-. The fourth-order valence-electron chi connectivity index (χ4n) is 7.69. The van der Waals surface area contributed by atoms with Gasteiger partial charge in [0.2, 0.25) is 5.91 Å². The zero-order valence-corrected chi connectivity index (χ0v) is 48.4. The number of amides is 1. The molecule has 1 amide bonds. The predicted molar refractivity (Wildman–Crippen MR) is 311 cm³/mol. The molecular weight excluding hydrogens is 928 g/mol. The Balaban J connectivity index is 5.48. The number of quaternary nitrogens is 1. The number of allylic oxidation sites excluding steroid dienone is 17. The molecule has 0 heterocycles. The lowest BCUT2D eigenvalue weighted by molar-refractivity contribution is -0.870. The lowest BCUT2D eigenvalue weighted by Gasteiger charge is -2.30. The highest BCUT2D eigenvalue weighted by molar-refractivity contribution is 7.45. The van der Waals surface area contributed by atoms with Crippen LogP contribution in [0.15, 0.2) is 109 Å². The van der Waals surface area contributed by atoms with Crippen molar-refractivity contribution in [1.82, 2.24) is 5.32 Å². The Bertz CT molecular complexity index is 1620. The van der Waals surface area contributed by atoms with Crippen LogP contribution >= 0.6 is 7.82 Å². The number of nitrogens with zero attached hydrogens (tertiary/aromatic N) is 1. The molecule has 0 fully saturated rings. The molecule has 0 saturated carbocycles. The van der Waals surface area contributed by atoms with Gasteiger partial charge in [0, 0.05) is 12.8 Å². The van der Waals surface area contributed by atoms with Gasteiger partial charge < -0.3 is 28.5 Å². The number of likely N-dealkylation sites (N-methyl/N-ethyl adjacent to an activating group) is 1. The van der Waals surface area contributed by atoms with E-state index < -0.39 is 32.5 Å². The fraction of sp³-hybridized carbons (Fsp3) is 0.683. The summed E-state index contributed by atoms with van der Waals surface area (Å²) in [6, 6.07) is -0.940. The number of esters is 1. The van der Waals surface area contributed by atoms with E-state index >= 15 is 0 Å². The van der Waals surface area contributed by atoms with Crippen LogP contribution in [0.2, 0.25) is 0 Å². The second kappa shape index (κ2) is 52.1. The molecule has 0 aliphatic heterocycles. The maximum Gasteiger partial charge on any atom is 0.306 e. The zero-order valence-electron chi connectivity index (χ0n) is 47.5. The number of nitrogens with one attached hydrogen (secondary N) is 1. The Kier molecular flexibility index (Phi) is 49.7. The molecule has 10 heteroatoms. The highest BCUT2D eigenvalue weighted by Crippen LogP contribution is 2.38. The molecule has 0 aromatic rings. The van der Waals surface area contributed by atoms with Gasteiger partial charge in [-0.25, -0.2) is 0 Å². The lowest BCUT2D eigenvalue weighted by Crippen LogP contribution is -2.47. The predicted octanol–water partition coefficient (Wildman–Crippen LogP) is 17.1. The average Bonchev–Trinajstić information content (AvgIpc) is 3.35. The molecule has 0 rings (SSSR count). The topological polar surface area (TPSA) is 114 Å². The van der Waals surface area contributed by atoms with Crippen molar-refractivity contribution in [2.45, 2.75) is 238 Å². The summed E-state index contributed by atoms with van der Waals surface area (Å²) in [4.78, 5) is 39.8. The summed E-state index contributed by atoms with van der Waals surface area (Å²) in [5.74, 6) is -0.678. The van der Waals surface area contributed by atoms with E-state index in [0.717, 1.165) is 83.5 Å². The maximum atomic E-state index is 13.5. The molecule has 418 valence electrons. The van der Waals surface area contributed by atoms with Crippen LogP contribution in [0.5, 0.6) is 0 Å². The Morgan fingerprint density at radius 2 is 0.890 bits per heavy atom. The van der Waals surface area contributed by atoms with Gasteiger partial charge in [0.15, 0.2) is 0 Å². The quantitative estimate of drug-likeness (QED) is 0.0212. The van der Waals surface area contributed by atoms with Crippen LogP contribution in [0.4, 0.5) is 0 Å². The summed E-state index contributed by atoms with van der Waals surface area (Å²) in [5.41, 5.74) is 0. The van der Waals surface area contributed by atoms with Gasteiger partial charge in [0.05, 0.1) is 33.8 Å². The SMILES string of the molecule is CC/C=C\C/C=C\C/C=C\C/C=C\C/C=C\C/C=C\CCCCC(=O)NC(COP(=O)([O-])OCC[N+](C)(C)C)C(/C=C\CCCCCCCCCCCCC)OC(=O)CC/C=C/C/C=C\CCCCCCCC. The lowest BCUT2D eigenvalue weighted by atomic mass is 10.0. The number of rotatable bonds is 51. The summed E-state index contributed by atoms with van der Waals surface area (Å²) in [5, 5.41) is 2.98. The van der Waals surface area contributed by atoms with Crippen LogP contribution in [0, 0.1) is 0 Å². The summed E-state index contributed by atoms with van der Waals surface area (Å²) in [6.45, 7) is 6.63. The van der Waals surface area contributed by atoms with E-state index in [2.05, 4.69) is 117 Å². The van der Waals surface area contributed by atoms with Crippen molar-refractivity contribution in [1.29, 1.82) is 0 Å². The summed E-state index contributed by atoms with van der Waals surface area (Å²) in [6.07, 6.45) is 70.7. The highest BCUT2D eigenvalue weighted by atomic mass is 31.2. The van der Waals surface area contributed by atoms with E-state index in [-0.39, 0.29) is 25.4 Å². The first-order valence-electron chi connectivity index (χ1n) is 29.2. The van der Waals surface area contributed by atoms with Gasteiger partial charge in [-0.1, -0.05) is 220 Å². The molecular formula is C63H109N2O7P. The zero-order chi connectivity index (χ0) is 53.6. The van der Waals surface area contributed by atoms with Gasteiger partial charge in [-0.05, 0) is 102 Å². The number of hydrogen-bond donors (Lipinski definition) is 1. The number of carbonyl (C=O) groups excluding carboxylic acids is 2. The molecule has 3 atom stereocenters. The van der Waals surface area contributed by atoms with Crippen LogP contribution in [-0.4, -0.2) is 69.4 Å². The largest absolute Gasteiger partial charge is 0.756 e. The van der Waals surface area contributed by atoms with Crippen LogP contribution in [0.1, 0.15) is 226 Å². The van der Waals surface area contributed by atoms with Crippen LogP contribution in [0.3, 0.4) is 0 Å². The van der Waals surface area contributed by atoms with Gasteiger partial charge in [0.25, 0.3) is 7.82 Å². The Morgan fingerprint density at radius 1 is 0.493 bits per heavy atom. The molecule has 0 aliphatic carbocycles. The van der Waals surface area contributed by atoms with Crippen molar-refractivity contribution >= 4 is 19.7 Å². The first-order chi connectivity index (χ1) is 35.4. The van der Waals surface area contributed by atoms with Crippen molar-refractivity contribution in [2.24, 2.45) is 0 Å². The van der Waals surface area contributed by atoms with Crippen molar-refractivity contribution in [2.75, 3.05) is 40.9 Å². The van der Waals surface area contributed by atoms with Gasteiger partial charge >= 0.3 is 5.97 Å². The second-order valence-electron chi connectivity index (χ2n) is 20.4. The van der Waals surface area contributed by atoms with E-state index in [9.17, 15) is 19.0 Å². The number of carbonyl (C=O) groups is 2. The summed E-state index contributed by atoms with van der Waals surface area (Å²) >= 11 is 0. The van der Waals surface area contributed by atoms with Crippen molar-refractivity contribution < 1.29 is 37.3 Å². The van der Waals surface area contributed by atoms with E-state index in [1.165, 1.54) is 96.3 Å². The molecule has 73 heavy (non-hydrogen) atoms. The Hall–Kier alpha value is -3.33. The Morgan fingerprint density at radius 3 is 1.34 bits per heavy atom. The third-order valence-electron chi connectivity index (χ3n) is 12.2. The minimum absolute atomic E-state index is 0.0439. The van der Waals surface area contributed by atoms with E-state index in [4.69, 9.17) is 13.8 Å². The number of hydrogen-bond acceptors (Lipinski definition) is 7. The van der Waals surface area contributed by atoms with E-state index in [1.54, 1.807) is 6.08 Å². The van der Waals surface area contributed by atoms with Gasteiger partial charge in [-0.15, -0.1) is 0 Å². The van der Waals surface area contributed by atoms with Crippen LogP contribution in [-0.2, 0) is 27.9 Å². The average molecular weight is 1040 g/mol. The number of phosphoric acid groups is 1. The third-order valence-corrected chi connectivity index (χ3v) is 13.2. The second-order valence-corrected chi connectivity index (χ2v) is 21.8. The van der Waals surface area contributed by atoms with Crippen LogP contribution in [0.25, 0.3) is 0 Å². The van der Waals surface area contributed by atoms with Gasteiger partial charge in [-0.2, -0.15) is 0 Å². The molecule has 3 unspecified atom stereocenters. The molecule has 0 aromatic carbocycles. The number of ether oxygens (including phenoxy) is 1. The molecule has 0 saturated heterocycles. The highest BCUT2D eigenvalue weighted by Gasteiger charge is 2.27. The molecule has 0 spiro atoms. The summed E-state index contributed by atoms with van der Waals surface area (Å²) in [7, 11) is 1.11. The molecule has 0 radical (unpaired) electrons. The molecule has 1 N–H and O–H groups in total. The smallest absolute Gasteiger partial charge is 0.306 e. The first-order valence-corrected chi connectivity index (χ1v) is 30.7. The monoisotopic (exact) mass is 1040 g/mol. The van der Waals surface area contributed by atoms with Crippen molar-refractivity contribution in [3.63, 3.8) is 0 Å². The van der Waals surface area contributed by atoms with E-state index in [1.807, 2.05) is 33.3 Å². The minimum atomic E-state index is -4.72. The number of unbranched alkanes of at least 4 members (excludes halogenated alkanes) is 19. The minimum Gasteiger partial charge on any atom is -0.756 e. The summed E-state index contributed by atoms with van der Waals surface area (Å²) < 4.78 is 30.1. The Labute approximate surface area is 449 Å². The van der Waals surface area contributed by atoms with Gasteiger partial charge in [0.1, 0.15) is 19.3 Å². The van der Waals surface area contributed by atoms with Crippen molar-refractivity contribution in [3.05, 3.63) is 109 Å². The molecule has 0 aliphatic rings. The molecule has 0 aromatic heterocycles. The molecule has 9 nitrogen and oxygen atoms in total. The molecule has 0 bridgehead atoms. The maximum absolute atomic E-state index is 13.5. The normalized spacial score (nSPS) is 14.6. The van der Waals surface area contributed by atoms with Crippen LogP contribution < -0.4 is 10.2 Å². The number of phosphoric ester groups is 1. The third kappa shape index (κ3) is 53.3.